The molecule has 4 heteroatoms. The Bertz CT molecular complexity index is 310. The van der Waals surface area contributed by atoms with E-state index < -0.39 is 0 Å². The fourth-order valence-electron chi connectivity index (χ4n) is 1.71. The monoisotopic (exact) mass is 282 g/mol. The maximum atomic E-state index is 5.61. The molecule has 0 aliphatic rings. The molecule has 0 bridgehead atoms. The maximum absolute atomic E-state index is 5.61. The van der Waals surface area contributed by atoms with Gasteiger partial charge in [-0.05, 0) is 38.8 Å². The molecule has 0 heterocycles. The van der Waals surface area contributed by atoms with E-state index in [1.165, 1.54) is 0 Å². The molecule has 0 fully saturated rings. The Morgan fingerprint density at radius 1 is 0.900 bits per heavy atom. The van der Waals surface area contributed by atoms with Crippen LogP contribution in [0.15, 0.2) is 30.3 Å². The van der Waals surface area contributed by atoms with Crippen LogP contribution < -0.4 is 4.74 Å². The highest BCUT2D eigenvalue weighted by atomic mass is 16.7. The Kier molecular flexibility index (Phi) is 9.92. The SMILES string of the molecule is CCOC(COCCCCOc1ccccc1)OCC. The highest BCUT2D eigenvalue weighted by Crippen LogP contribution is 2.08. The van der Waals surface area contributed by atoms with E-state index in [1.54, 1.807) is 0 Å². The third kappa shape index (κ3) is 8.15. The van der Waals surface area contributed by atoms with Crippen molar-refractivity contribution in [2.45, 2.75) is 33.0 Å². The third-order valence-corrected chi connectivity index (χ3v) is 2.65. The first-order valence-corrected chi connectivity index (χ1v) is 7.35. The molecule has 0 saturated carbocycles. The topological polar surface area (TPSA) is 36.9 Å². The van der Waals surface area contributed by atoms with Gasteiger partial charge in [-0.25, -0.2) is 0 Å². The quantitative estimate of drug-likeness (QED) is 0.435. The van der Waals surface area contributed by atoms with Crippen molar-refractivity contribution in [3.8, 4) is 5.75 Å². The summed E-state index contributed by atoms with van der Waals surface area (Å²) in [5.41, 5.74) is 0. The molecule has 0 saturated heterocycles. The predicted molar refractivity (Wildman–Crippen MR) is 79.0 cm³/mol. The van der Waals surface area contributed by atoms with Crippen molar-refractivity contribution < 1.29 is 18.9 Å². The van der Waals surface area contributed by atoms with Crippen LogP contribution in [-0.4, -0.2) is 39.3 Å². The Morgan fingerprint density at radius 3 is 2.20 bits per heavy atom. The second kappa shape index (κ2) is 11.7. The molecule has 0 aromatic heterocycles. The molecule has 0 aliphatic heterocycles. The van der Waals surface area contributed by atoms with Crippen molar-refractivity contribution >= 4 is 0 Å². The van der Waals surface area contributed by atoms with Gasteiger partial charge in [0.2, 0.25) is 0 Å². The largest absolute Gasteiger partial charge is 0.494 e. The number of para-hydroxylation sites is 1. The molecule has 114 valence electrons. The minimum Gasteiger partial charge on any atom is -0.494 e. The molecule has 0 atom stereocenters. The first kappa shape index (κ1) is 17.0. The summed E-state index contributed by atoms with van der Waals surface area (Å²) in [5.74, 6) is 0.918. The van der Waals surface area contributed by atoms with Gasteiger partial charge in [-0.1, -0.05) is 18.2 Å². The summed E-state index contributed by atoms with van der Waals surface area (Å²) >= 11 is 0. The van der Waals surface area contributed by atoms with Gasteiger partial charge < -0.3 is 18.9 Å². The van der Waals surface area contributed by atoms with Crippen LogP contribution >= 0.6 is 0 Å². The summed E-state index contributed by atoms with van der Waals surface area (Å²) in [4.78, 5) is 0. The van der Waals surface area contributed by atoms with E-state index in [0.717, 1.165) is 18.6 Å². The standard InChI is InChI=1S/C16H26O4/c1-3-18-16(19-4-2)14-17-12-8-9-13-20-15-10-6-5-7-11-15/h5-7,10-11,16H,3-4,8-9,12-14H2,1-2H3. The molecular weight excluding hydrogens is 256 g/mol. The molecule has 0 spiro atoms. The van der Waals surface area contributed by atoms with Gasteiger partial charge in [0.15, 0.2) is 6.29 Å². The lowest BCUT2D eigenvalue weighted by Gasteiger charge is -2.16. The fourth-order valence-corrected chi connectivity index (χ4v) is 1.71. The molecule has 1 aromatic carbocycles. The number of unbranched alkanes of at least 4 members (excludes halogenated alkanes) is 1. The highest BCUT2D eigenvalue weighted by Gasteiger charge is 2.07. The van der Waals surface area contributed by atoms with Crippen LogP contribution in [-0.2, 0) is 14.2 Å². The molecule has 0 aliphatic carbocycles. The van der Waals surface area contributed by atoms with Gasteiger partial charge >= 0.3 is 0 Å². The van der Waals surface area contributed by atoms with E-state index in [0.29, 0.717) is 33.0 Å². The Morgan fingerprint density at radius 2 is 1.55 bits per heavy atom. The van der Waals surface area contributed by atoms with E-state index in [1.807, 2.05) is 44.2 Å². The van der Waals surface area contributed by atoms with Crippen molar-refractivity contribution in [1.29, 1.82) is 0 Å². The van der Waals surface area contributed by atoms with Crippen LogP contribution in [0.5, 0.6) is 5.75 Å². The summed E-state index contributed by atoms with van der Waals surface area (Å²) in [6, 6.07) is 9.85. The average Bonchev–Trinajstić information content (AvgIpc) is 2.47. The van der Waals surface area contributed by atoms with E-state index in [-0.39, 0.29) is 6.29 Å². The Hall–Kier alpha value is -1.10. The maximum Gasteiger partial charge on any atom is 0.180 e. The van der Waals surface area contributed by atoms with Gasteiger partial charge in [-0.15, -0.1) is 0 Å². The summed E-state index contributed by atoms with van der Waals surface area (Å²) in [7, 11) is 0. The number of ether oxygens (including phenoxy) is 4. The predicted octanol–water partition coefficient (Wildman–Crippen LogP) is 3.26. The zero-order chi connectivity index (χ0) is 14.5. The van der Waals surface area contributed by atoms with E-state index in [2.05, 4.69) is 0 Å². The van der Waals surface area contributed by atoms with Gasteiger partial charge in [0.25, 0.3) is 0 Å². The summed E-state index contributed by atoms with van der Waals surface area (Å²) < 4.78 is 21.9. The smallest absolute Gasteiger partial charge is 0.180 e. The van der Waals surface area contributed by atoms with Gasteiger partial charge in [0.05, 0.1) is 13.2 Å². The molecule has 0 radical (unpaired) electrons. The zero-order valence-electron chi connectivity index (χ0n) is 12.5. The lowest BCUT2D eigenvalue weighted by molar-refractivity contribution is -0.167. The number of hydrogen-bond donors (Lipinski definition) is 0. The van der Waals surface area contributed by atoms with E-state index >= 15 is 0 Å². The van der Waals surface area contributed by atoms with E-state index in [4.69, 9.17) is 18.9 Å². The molecule has 0 amide bonds. The number of hydrogen-bond acceptors (Lipinski definition) is 4. The second-order valence-corrected chi connectivity index (χ2v) is 4.28. The third-order valence-electron chi connectivity index (χ3n) is 2.65. The van der Waals surface area contributed by atoms with Crippen molar-refractivity contribution in [3.05, 3.63) is 30.3 Å². The van der Waals surface area contributed by atoms with Crippen LogP contribution in [0.4, 0.5) is 0 Å². The summed E-state index contributed by atoms with van der Waals surface area (Å²) in [5, 5.41) is 0. The minimum absolute atomic E-state index is 0.245. The number of rotatable bonds is 12. The van der Waals surface area contributed by atoms with Gasteiger partial charge in [-0.3, -0.25) is 0 Å². The molecule has 1 rings (SSSR count). The minimum atomic E-state index is -0.245. The van der Waals surface area contributed by atoms with Crippen molar-refractivity contribution in [2.75, 3.05) is 33.0 Å². The lowest BCUT2D eigenvalue weighted by atomic mass is 10.3. The molecular formula is C16H26O4. The van der Waals surface area contributed by atoms with Crippen molar-refractivity contribution in [1.82, 2.24) is 0 Å². The zero-order valence-corrected chi connectivity index (χ0v) is 12.5. The molecule has 4 nitrogen and oxygen atoms in total. The van der Waals surface area contributed by atoms with Crippen LogP contribution in [0.1, 0.15) is 26.7 Å². The van der Waals surface area contributed by atoms with Crippen LogP contribution in [0.25, 0.3) is 0 Å². The normalized spacial score (nSPS) is 10.9. The van der Waals surface area contributed by atoms with Crippen LogP contribution in [0.3, 0.4) is 0 Å². The van der Waals surface area contributed by atoms with Gasteiger partial charge in [0, 0.05) is 19.8 Å². The molecule has 1 aromatic rings. The van der Waals surface area contributed by atoms with Crippen molar-refractivity contribution in [3.63, 3.8) is 0 Å². The summed E-state index contributed by atoms with van der Waals surface area (Å²) in [6.07, 6.45) is 1.70. The average molecular weight is 282 g/mol. The van der Waals surface area contributed by atoms with Crippen LogP contribution in [0.2, 0.25) is 0 Å². The Balaban J connectivity index is 1.96. The molecule has 0 N–H and O–H groups in total. The Labute approximate surface area is 122 Å². The molecule has 0 unspecified atom stereocenters. The molecule has 20 heavy (non-hydrogen) atoms. The van der Waals surface area contributed by atoms with Crippen LogP contribution in [0, 0.1) is 0 Å². The first-order valence-electron chi connectivity index (χ1n) is 7.35. The summed E-state index contributed by atoms with van der Waals surface area (Å²) in [6.45, 7) is 7.08. The second-order valence-electron chi connectivity index (χ2n) is 4.28. The van der Waals surface area contributed by atoms with Gasteiger partial charge in [-0.2, -0.15) is 0 Å². The van der Waals surface area contributed by atoms with Crippen molar-refractivity contribution in [2.24, 2.45) is 0 Å². The first-order chi connectivity index (χ1) is 9.86. The highest BCUT2D eigenvalue weighted by molar-refractivity contribution is 5.20. The number of benzene rings is 1. The fraction of sp³-hybridized carbons (Fsp3) is 0.625. The lowest BCUT2D eigenvalue weighted by Crippen LogP contribution is -2.23. The van der Waals surface area contributed by atoms with Gasteiger partial charge in [0.1, 0.15) is 5.75 Å². The van der Waals surface area contributed by atoms with E-state index in [9.17, 15) is 0 Å².